The van der Waals surface area contributed by atoms with Gasteiger partial charge < -0.3 is 9.47 Å². The van der Waals surface area contributed by atoms with Crippen LogP contribution in [0.5, 0.6) is 11.5 Å². The third-order valence-electron chi connectivity index (χ3n) is 3.20. The maximum atomic E-state index is 14.3. The molecule has 0 aliphatic rings. The van der Waals surface area contributed by atoms with Crippen molar-refractivity contribution < 1.29 is 18.3 Å². The molecule has 21 heavy (non-hydrogen) atoms. The fraction of sp³-hybridized carbons (Fsp3) is 0.200. The van der Waals surface area contributed by atoms with Crippen LogP contribution in [0.15, 0.2) is 36.4 Å². The summed E-state index contributed by atoms with van der Waals surface area (Å²) in [6, 6.07) is 8.32. The molecule has 0 amide bonds. The molecule has 3 N–H and O–H groups in total. The van der Waals surface area contributed by atoms with Gasteiger partial charge in [0.1, 0.15) is 0 Å². The number of ether oxygens (including phenoxy) is 2. The molecule has 0 saturated heterocycles. The van der Waals surface area contributed by atoms with Crippen molar-refractivity contribution in [2.75, 3.05) is 14.2 Å². The van der Waals surface area contributed by atoms with Crippen LogP contribution in [-0.2, 0) is 0 Å². The average Bonchev–Trinajstić information content (AvgIpc) is 2.51. The molecule has 1 atom stereocenters. The summed E-state index contributed by atoms with van der Waals surface area (Å²) in [4.78, 5) is 0. The Balaban J connectivity index is 2.49. The third kappa shape index (κ3) is 2.96. The van der Waals surface area contributed by atoms with E-state index in [2.05, 4.69) is 5.43 Å². The van der Waals surface area contributed by atoms with Crippen LogP contribution in [0.2, 0.25) is 0 Å². The van der Waals surface area contributed by atoms with Crippen LogP contribution in [-0.4, -0.2) is 14.2 Å². The Kier molecular flexibility index (Phi) is 4.72. The van der Waals surface area contributed by atoms with Crippen molar-refractivity contribution in [1.29, 1.82) is 0 Å². The van der Waals surface area contributed by atoms with Crippen LogP contribution in [0.1, 0.15) is 17.2 Å². The van der Waals surface area contributed by atoms with Gasteiger partial charge in [-0.1, -0.05) is 18.2 Å². The predicted molar refractivity (Wildman–Crippen MR) is 75.1 cm³/mol. The first-order chi connectivity index (χ1) is 10.1. The lowest BCUT2D eigenvalue weighted by molar-refractivity contribution is 0.380. The summed E-state index contributed by atoms with van der Waals surface area (Å²) in [6.07, 6.45) is 0. The topological polar surface area (TPSA) is 56.5 Å². The lowest BCUT2D eigenvalue weighted by Crippen LogP contribution is -2.29. The lowest BCUT2D eigenvalue weighted by atomic mass is 9.98. The lowest BCUT2D eigenvalue weighted by Gasteiger charge is -2.19. The quantitative estimate of drug-likeness (QED) is 0.657. The van der Waals surface area contributed by atoms with Crippen LogP contribution >= 0.6 is 0 Å². The van der Waals surface area contributed by atoms with E-state index in [4.69, 9.17) is 15.3 Å². The zero-order valence-electron chi connectivity index (χ0n) is 11.7. The maximum absolute atomic E-state index is 14.3. The molecule has 0 saturated carbocycles. The van der Waals surface area contributed by atoms with Gasteiger partial charge in [0.2, 0.25) is 0 Å². The summed E-state index contributed by atoms with van der Waals surface area (Å²) < 4.78 is 37.7. The molecule has 0 spiro atoms. The monoisotopic (exact) mass is 294 g/mol. The Morgan fingerprint density at radius 3 is 2.38 bits per heavy atom. The highest BCUT2D eigenvalue weighted by Crippen LogP contribution is 2.31. The van der Waals surface area contributed by atoms with Gasteiger partial charge in [-0.25, -0.2) is 14.2 Å². The minimum atomic E-state index is -0.658. The molecular weight excluding hydrogens is 278 g/mol. The largest absolute Gasteiger partial charge is 0.494 e. The second-order valence-corrected chi connectivity index (χ2v) is 4.36. The number of nitrogens with one attached hydrogen (secondary N) is 1. The predicted octanol–water partition coefficient (Wildman–Crippen LogP) is 2.53. The number of benzene rings is 2. The second-order valence-electron chi connectivity index (χ2n) is 4.36. The van der Waals surface area contributed by atoms with Gasteiger partial charge in [0, 0.05) is 5.56 Å². The minimum Gasteiger partial charge on any atom is -0.494 e. The Bertz CT molecular complexity index is 635. The molecule has 0 aliphatic carbocycles. The molecule has 1 unspecified atom stereocenters. The first-order valence-electron chi connectivity index (χ1n) is 6.24. The molecule has 0 radical (unpaired) electrons. The van der Waals surface area contributed by atoms with E-state index in [9.17, 15) is 8.78 Å². The minimum absolute atomic E-state index is 0.0658. The zero-order valence-corrected chi connectivity index (χ0v) is 11.7. The maximum Gasteiger partial charge on any atom is 0.170 e. The number of hydrogen-bond acceptors (Lipinski definition) is 4. The summed E-state index contributed by atoms with van der Waals surface area (Å²) in [5.74, 6) is 4.69. The molecule has 0 bridgehead atoms. The van der Waals surface area contributed by atoms with Crippen LogP contribution in [0.25, 0.3) is 0 Å². The second kappa shape index (κ2) is 6.51. The van der Waals surface area contributed by atoms with Crippen LogP contribution in [0.4, 0.5) is 8.78 Å². The Labute approximate surface area is 121 Å². The number of rotatable bonds is 5. The Hall–Kier alpha value is -2.18. The average molecular weight is 294 g/mol. The van der Waals surface area contributed by atoms with Gasteiger partial charge >= 0.3 is 0 Å². The molecule has 6 heteroatoms. The van der Waals surface area contributed by atoms with Crippen LogP contribution < -0.4 is 20.7 Å². The van der Waals surface area contributed by atoms with Crippen molar-refractivity contribution in [1.82, 2.24) is 5.43 Å². The summed E-state index contributed by atoms with van der Waals surface area (Å²) in [5.41, 5.74) is 3.39. The number of hydrogen-bond donors (Lipinski definition) is 2. The summed E-state index contributed by atoms with van der Waals surface area (Å²) in [5, 5.41) is 0. The van der Waals surface area contributed by atoms with Gasteiger partial charge in [-0.05, 0) is 23.8 Å². The standard InChI is InChI=1S/C15H16F2N2O2/c1-20-12-5-3-4-10(14(12)17)15(19-18)9-6-7-11(16)13(8-9)21-2/h3-8,15,19H,18H2,1-2H3. The molecule has 2 aromatic rings. The summed E-state index contributed by atoms with van der Waals surface area (Å²) in [6.45, 7) is 0. The summed E-state index contributed by atoms with van der Waals surface area (Å²) in [7, 11) is 2.74. The van der Waals surface area contributed by atoms with E-state index in [1.807, 2.05) is 0 Å². The Morgan fingerprint density at radius 1 is 1.05 bits per heavy atom. The van der Waals surface area contributed by atoms with Crippen molar-refractivity contribution in [3.8, 4) is 11.5 Å². The number of methoxy groups -OCH3 is 2. The highest BCUT2D eigenvalue weighted by molar-refractivity contribution is 5.41. The number of hydrazine groups is 1. The van der Waals surface area contributed by atoms with E-state index in [1.54, 1.807) is 12.1 Å². The van der Waals surface area contributed by atoms with E-state index in [1.165, 1.54) is 38.5 Å². The molecule has 0 aromatic heterocycles. The smallest absolute Gasteiger partial charge is 0.170 e. The highest BCUT2D eigenvalue weighted by Gasteiger charge is 2.20. The highest BCUT2D eigenvalue weighted by atomic mass is 19.1. The van der Waals surface area contributed by atoms with Crippen LogP contribution in [0.3, 0.4) is 0 Å². The first kappa shape index (κ1) is 15.2. The molecule has 0 heterocycles. The van der Waals surface area contributed by atoms with Crippen molar-refractivity contribution in [3.63, 3.8) is 0 Å². The van der Waals surface area contributed by atoms with Crippen molar-refractivity contribution in [2.24, 2.45) is 5.84 Å². The Morgan fingerprint density at radius 2 is 1.76 bits per heavy atom. The molecule has 112 valence electrons. The van der Waals surface area contributed by atoms with E-state index < -0.39 is 17.7 Å². The van der Waals surface area contributed by atoms with Crippen molar-refractivity contribution in [3.05, 3.63) is 59.2 Å². The fourth-order valence-corrected chi connectivity index (χ4v) is 2.13. The molecule has 0 fully saturated rings. The normalized spacial score (nSPS) is 12.0. The van der Waals surface area contributed by atoms with E-state index in [0.717, 1.165) is 0 Å². The zero-order chi connectivity index (χ0) is 15.4. The van der Waals surface area contributed by atoms with Gasteiger partial charge in [0.25, 0.3) is 0 Å². The third-order valence-corrected chi connectivity index (χ3v) is 3.20. The van der Waals surface area contributed by atoms with Crippen LogP contribution in [0, 0.1) is 11.6 Å². The molecular formula is C15H16F2N2O2. The van der Waals surface area contributed by atoms with Gasteiger partial charge in [0.15, 0.2) is 23.1 Å². The number of halogens is 2. The van der Waals surface area contributed by atoms with E-state index >= 15 is 0 Å². The first-order valence-corrected chi connectivity index (χ1v) is 6.24. The summed E-state index contributed by atoms with van der Waals surface area (Å²) >= 11 is 0. The van der Waals surface area contributed by atoms with Gasteiger partial charge in [-0.2, -0.15) is 0 Å². The van der Waals surface area contributed by atoms with Gasteiger partial charge in [0.05, 0.1) is 20.3 Å². The SMILES string of the molecule is COc1cc(C(NN)c2cccc(OC)c2F)ccc1F. The van der Waals surface area contributed by atoms with E-state index in [-0.39, 0.29) is 11.5 Å². The molecule has 4 nitrogen and oxygen atoms in total. The van der Waals surface area contributed by atoms with Gasteiger partial charge in [-0.3, -0.25) is 5.84 Å². The van der Waals surface area contributed by atoms with Crippen molar-refractivity contribution in [2.45, 2.75) is 6.04 Å². The van der Waals surface area contributed by atoms with E-state index in [0.29, 0.717) is 11.1 Å². The fourth-order valence-electron chi connectivity index (χ4n) is 2.13. The van der Waals surface area contributed by atoms with Gasteiger partial charge in [-0.15, -0.1) is 0 Å². The molecule has 2 aromatic carbocycles. The molecule has 0 aliphatic heterocycles. The number of nitrogens with two attached hydrogens (primary N) is 1. The molecule has 2 rings (SSSR count). The van der Waals surface area contributed by atoms with Crippen molar-refractivity contribution >= 4 is 0 Å².